The number of fused-ring (bicyclic) bond motifs is 1. The van der Waals surface area contributed by atoms with Gasteiger partial charge in [-0.05, 0) is 25.3 Å². The van der Waals surface area contributed by atoms with Gasteiger partial charge in [0.05, 0.1) is 24.0 Å². The maximum absolute atomic E-state index is 13.5. The monoisotopic (exact) mass is 561 g/mol. The Bertz CT molecular complexity index is 1280. The summed E-state index contributed by atoms with van der Waals surface area (Å²) in [6, 6.07) is 15.8. The van der Waals surface area contributed by atoms with Crippen molar-refractivity contribution in [2.75, 3.05) is 25.0 Å². The van der Waals surface area contributed by atoms with Crippen molar-refractivity contribution in [1.82, 2.24) is 15.5 Å². The molecular formula is C31H39N5O5. The van der Waals surface area contributed by atoms with Crippen molar-refractivity contribution in [3.8, 4) is 0 Å². The van der Waals surface area contributed by atoms with Crippen LogP contribution >= 0.6 is 0 Å². The van der Waals surface area contributed by atoms with Crippen molar-refractivity contribution in [2.24, 2.45) is 10.9 Å². The summed E-state index contributed by atoms with van der Waals surface area (Å²) in [6.45, 7) is 2.59. The minimum absolute atomic E-state index is 0.260. The third kappa shape index (κ3) is 6.37. The number of aliphatic imine (C=N–C) groups is 1. The molecule has 2 heterocycles. The van der Waals surface area contributed by atoms with Gasteiger partial charge in [-0.2, -0.15) is 0 Å². The molecule has 2 aromatic carbocycles. The van der Waals surface area contributed by atoms with E-state index in [0.717, 1.165) is 36.8 Å². The van der Waals surface area contributed by atoms with Crippen molar-refractivity contribution < 1.29 is 24.2 Å². The first kappa shape index (κ1) is 28.6. The Morgan fingerprint density at radius 3 is 2.49 bits per heavy atom. The van der Waals surface area contributed by atoms with Gasteiger partial charge in [-0.1, -0.05) is 80.6 Å². The maximum atomic E-state index is 13.5. The van der Waals surface area contributed by atoms with Crippen LogP contribution in [0.2, 0.25) is 0 Å². The fraction of sp³-hybridized carbons (Fsp3) is 0.484. The first-order chi connectivity index (χ1) is 19.9. The second-order valence-corrected chi connectivity index (χ2v) is 11.1. The summed E-state index contributed by atoms with van der Waals surface area (Å²) in [5.74, 6) is -0.0443. The molecule has 5 rings (SSSR count). The molecule has 0 aromatic heterocycles. The van der Waals surface area contributed by atoms with E-state index in [4.69, 9.17) is 9.73 Å². The Labute approximate surface area is 240 Å². The van der Waals surface area contributed by atoms with Crippen molar-refractivity contribution in [1.29, 1.82) is 0 Å². The number of nitrogens with zero attached hydrogens (tertiary/aromatic N) is 3. The van der Waals surface area contributed by atoms with E-state index in [1.165, 1.54) is 16.2 Å². The van der Waals surface area contributed by atoms with E-state index >= 15 is 0 Å². The molecule has 41 heavy (non-hydrogen) atoms. The van der Waals surface area contributed by atoms with E-state index < -0.39 is 36.5 Å². The number of likely N-dealkylation sites (N-methyl/N-ethyl adjacent to an activating group) is 2. The van der Waals surface area contributed by atoms with Crippen molar-refractivity contribution in [2.45, 2.75) is 69.9 Å². The second kappa shape index (κ2) is 12.7. The molecule has 4 atom stereocenters. The topological polar surface area (TPSA) is 124 Å². The number of aliphatic hydroxyl groups is 1. The lowest BCUT2D eigenvalue weighted by molar-refractivity contribution is -0.119. The zero-order chi connectivity index (χ0) is 28.9. The summed E-state index contributed by atoms with van der Waals surface area (Å²) < 4.78 is 5.46. The van der Waals surface area contributed by atoms with Gasteiger partial charge in [0.15, 0.2) is 0 Å². The molecule has 3 N–H and O–H groups in total. The van der Waals surface area contributed by atoms with Gasteiger partial charge in [-0.3, -0.25) is 4.79 Å². The van der Waals surface area contributed by atoms with Crippen LogP contribution in [0.1, 0.15) is 56.6 Å². The Kier molecular flexibility index (Phi) is 8.87. The standard InChI is InChI=1S/C31H39N5O5/c1-3-36-19-25(41-31(36)40)27(37)23(18-20-12-6-4-7-13-20)32-30(39)34-28-29(38)35(2)24-17-11-10-16-22(24)26(33-28)21-14-8-5-9-15-21/h5,8-11,14-17,20,23,25,27-28,37H,3-4,6-7,12-13,18-19H2,1-2H3,(H2,32,34,39)/t23-,25+,27+,28-/m0/s1. The van der Waals surface area contributed by atoms with Crippen LogP contribution in [0.4, 0.5) is 15.3 Å². The number of ether oxygens (including phenoxy) is 1. The van der Waals surface area contributed by atoms with Gasteiger partial charge in [-0.25, -0.2) is 14.6 Å². The Hall–Kier alpha value is -3.92. The van der Waals surface area contributed by atoms with E-state index in [2.05, 4.69) is 10.6 Å². The first-order valence-electron chi connectivity index (χ1n) is 14.6. The predicted molar refractivity (Wildman–Crippen MR) is 156 cm³/mol. The van der Waals surface area contributed by atoms with Gasteiger partial charge < -0.3 is 30.3 Å². The highest BCUT2D eigenvalue weighted by atomic mass is 16.6. The highest BCUT2D eigenvalue weighted by Gasteiger charge is 2.40. The summed E-state index contributed by atoms with van der Waals surface area (Å²) in [6.07, 6.45) is 2.51. The molecular weight excluding hydrogens is 522 g/mol. The fourth-order valence-electron chi connectivity index (χ4n) is 6.07. The van der Waals surface area contributed by atoms with Crippen molar-refractivity contribution in [3.63, 3.8) is 0 Å². The fourth-order valence-corrected chi connectivity index (χ4v) is 6.07. The smallest absolute Gasteiger partial charge is 0.410 e. The molecule has 2 aliphatic heterocycles. The van der Waals surface area contributed by atoms with E-state index in [0.29, 0.717) is 30.3 Å². The van der Waals surface area contributed by atoms with Crippen LogP contribution in [0, 0.1) is 5.92 Å². The zero-order valence-corrected chi connectivity index (χ0v) is 23.7. The lowest BCUT2D eigenvalue weighted by Crippen LogP contribution is -2.56. The molecule has 0 spiro atoms. The van der Waals surface area contributed by atoms with Gasteiger partial charge in [0.25, 0.3) is 5.91 Å². The predicted octanol–water partition coefficient (Wildman–Crippen LogP) is 3.67. The lowest BCUT2D eigenvalue weighted by Gasteiger charge is -2.32. The number of urea groups is 1. The first-order valence-corrected chi connectivity index (χ1v) is 14.6. The van der Waals surface area contributed by atoms with Crippen molar-refractivity contribution >= 4 is 29.4 Å². The van der Waals surface area contributed by atoms with Gasteiger partial charge in [0, 0.05) is 24.7 Å². The summed E-state index contributed by atoms with van der Waals surface area (Å²) in [5, 5.41) is 17.0. The highest BCUT2D eigenvalue weighted by Crippen LogP contribution is 2.30. The maximum Gasteiger partial charge on any atom is 0.410 e. The number of nitrogens with one attached hydrogen (secondary N) is 2. The number of carbonyl (C=O) groups excluding carboxylic acids is 3. The number of hydrogen-bond donors (Lipinski definition) is 3. The van der Waals surface area contributed by atoms with Crippen LogP contribution in [0.25, 0.3) is 0 Å². The molecule has 2 fully saturated rings. The third-order valence-corrected chi connectivity index (χ3v) is 8.37. The van der Waals surface area contributed by atoms with Crippen LogP contribution in [-0.4, -0.2) is 78.3 Å². The second-order valence-electron chi connectivity index (χ2n) is 11.1. The molecule has 3 aliphatic rings. The Morgan fingerprint density at radius 1 is 1.07 bits per heavy atom. The number of rotatable bonds is 8. The van der Waals surface area contributed by atoms with Gasteiger partial charge >= 0.3 is 12.1 Å². The average Bonchev–Trinajstić information content (AvgIpc) is 3.34. The largest absolute Gasteiger partial charge is 0.441 e. The number of hydrogen-bond acceptors (Lipinski definition) is 6. The average molecular weight is 562 g/mol. The number of cyclic esters (lactones) is 1. The quantitative estimate of drug-likeness (QED) is 0.454. The molecule has 10 heteroatoms. The number of benzene rings is 2. The normalized spacial score (nSPS) is 22.8. The van der Waals surface area contributed by atoms with Crippen LogP contribution < -0.4 is 15.5 Å². The molecule has 0 radical (unpaired) electrons. The summed E-state index contributed by atoms with van der Waals surface area (Å²) in [4.78, 5) is 47.0. The summed E-state index contributed by atoms with van der Waals surface area (Å²) >= 11 is 0. The van der Waals surface area contributed by atoms with Crippen molar-refractivity contribution in [3.05, 3.63) is 65.7 Å². The molecule has 0 unspecified atom stereocenters. The number of anilines is 1. The van der Waals surface area contributed by atoms with Gasteiger partial charge in [0.1, 0.15) is 12.2 Å². The van der Waals surface area contributed by atoms with Gasteiger partial charge in [-0.15, -0.1) is 0 Å². The third-order valence-electron chi connectivity index (χ3n) is 8.37. The molecule has 10 nitrogen and oxygen atoms in total. The lowest BCUT2D eigenvalue weighted by atomic mass is 9.83. The summed E-state index contributed by atoms with van der Waals surface area (Å²) in [7, 11) is 1.67. The number of benzodiazepines with no additional fused rings is 1. The van der Waals surface area contributed by atoms with E-state index in [9.17, 15) is 19.5 Å². The van der Waals surface area contributed by atoms with E-state index in [1.54, 1.807) is 7.05 Å². The molecule has 2 aromatic rings. The minimum Gasteiger partial charge on any atom is -0.441 e. The molecule has 0 bridgehead atoms. The van der Waals surface area contributed by atoms with E-state index in [-0.39, 0.29) is 12.5 Å². The molecule has 1 saturated carbocycles. The van der Waals surface area contributed by atoms with Crippen LogP contribution in [0.15, 0.2) is 59.6 Å². The summed E-state index contributed by atoms with van der Waals surface area (Å²) in [5.41, 5.74) is 2.90. The zero-order valence-electron chi connectivity index (χ0n) is 23.7. The van der Waals surface area contributed by atoms with Crippen LogP contribution in [0.5, 0.6) is 0 Å². The number of carbonyl (C=O) groups is 3. The molecule has 1 saturated heterocycles. The van der Waals surface area contributed by atoms with Crippen LogP contribution in [0.3, 0.4) is 0 Å². The SMILES string of the molecule is CCN1C[C@H]([C@H](O)[C@H](CC2CCCCC2)NC(=O)N[C@@H]2N=C(c3ccccc3)c3ccccc3N(C)C2=O)OC1=O. The highest BCUT2D eigenvalue weighted by molar-refractivity contribution is 6.20. The molecule has 4 amide bonds. The number of para-hydroxylation sites is 1. The molecule has 1 aliphatic carbocycles. The number of amides is 4. The van der Waals surface area contributed by atoms with Crippen LogP contribution in [-0.2, 0) is 9.53 Å². The van der Waals surface area contributed by atoms with E-state index in [1.807, 2.05) is 61.5 Å². The number of aliphatic hydroxyl groups excluding tert-OH is 1. The minimum atomic E-state index is -1.19. The Morgan fingerprint density at radius 2 is 1.78 bits per heavy atom. The van der Waals surface area contributed by atoms with Gasteiger partial charge in [0.2, 0.25) is 6.17 Å². The molecule has 218 valence electrons. The Balaban J connectivity index is 1.38.